The summed E-state index contributed by atoms with van der Waals surface area (Å²) >= 11 is 6.41. The van der Waals surface area contributed by atoms with Crippen LogP contribution >= 0.6 is 11.6 Å². The molecule has 1 amide bonds. The summed E-state index contributed by atoms with van der Waals surface area (Å²) in [4.78, 5) is 22.0. The maximum Gasteiger partial charge on any atom is 0.255 e. The second kappa shape index (κ2) is 9.94. The largest absolute Gasteiger partial charge is 0.393 e. The van der Waals surface area contributed by atoms with Crippen LogP contribution in [0.2, 0.25) is 5.02 Å². The zero-order valence-corrected chi connectivity index (χ0v) is 20.7. The van der Waals surface area contributed by atoms with Gasteiger partial charge < -0.3 is 10.4 Å². The van der Waals surface area contributed by atoms with Crippen LogP contribution in [0, 0.1) is 0 Å². The zero-order valence-electron chi connectivity index (χ0n) is 19.1. The van der Waals surface area contributed by atoms with Crippen LogP contribution in [0.4, 0.5) is 5.69 Å². The van der Waals surface area contributed by atoms with Crippen molar-refractivity contribution in [1.82, 2.24) is 14.3 Å². The Bertz CT molecular complexity index is 1540. The minimum atomic E-state index is -3.68. The van der Waals surface area contributed by atoms with E-state index in [0.717, 1.165) is 11.0 Å². The fourth-order valence-electron chi connectivity index (χ4n) is 4.10. The van der Waals surface area contributed by atoms with Crippen LogP contribution in [0.1, 0.15) is 23.2 Å². The van der Waals surface area contributed by atoms with Crippen LogP contribution < -0.4 is 5.32 Å². The number of piperidine rings is 1. The van der Waals surface area contributed by atoms with Gasteiger partial charge in [0, 0.05) is 29.9 Å². The van der Waals surface area contributed by atoms with Gasteiger partial charge in [0.25, 0.3) is 5.91 Å². The quantitative estimate of drug-likeness (QED) is 0.403. The molecule has 0 saturated carbocycles. The Hall–Kier alpha value is -3.37. The van der Waals surface area contributed by atoms with Crippen LogP contribution in [-0.2, 0) is 10.0 Å². The normalized spacial score (nSPS) is 15.2. The predicted octanol–water partition coefficient (Wildman–Crippen LogP) is 4.35. The van der Waals surface area contributed by atoms with Gasteiger partial charge in [-0.15, -0.1) is 0 Å². The molecule has 36 heavy (non-hydrogen) atoms. The molecule has 1 saturated heterocycles. The SMILES string of the molecule is O=C(Nc1ccc(Cl)c(-c2cnc3ccccc3n2)c1)c1ccc(S(=O)(=O)N2CCC(O)CC2)cc1. The molecule has 10 heteroatoms. The lowest BCUT2D eigenvalue weighted by Gasteiger charge is -2.28. The highest BCUT2D eigenvalue weighted by Crippen LogP contribution is 2.30. The van der Waals surface area contributed by atoms with Crippen molar-refractivity contribution >= 4 is 44.3 Å². The van der Waals surface area contributed by atoms with Crippen molar-refractivity contribution in [2.75, 3.05) is 18.4 Å². The molecule has 0 bridgehead atoms. The van der Waals surface area contributed by atoms with Gasteiger partial charge in [0.2, 0.25) is 10.0 Å². The Morgan fingerprint density at radius 1 is 1.00 bits per heavy atom. The number of aliphatic hydroxyl groups is 1. The molecule has 1 aliphatic heterocycles. The maximum absolute atomic E-state index is 12.9. The molecular formula is C26H23ClN4O4S. The van der Waals surface area contributed by atoms with Crippen LogP contribution in [0.3, 0.4) is 0 Å². The van der Waals surface area contributed by atoms with Crippen molar-refractivity contribution in [1.29, 1.82) is 0 Å². The Morgan fingerprint density at radius 3 is 2.42 bits per heavy atom. The summed E-state index contributed by atoms with van der Waals surface area (Å²) in [7, 11) is -3.68. The lowest BCUT2D eigenvalue weighted by Crippen LogP contribution is -2.39. The first-order chi connectivity index (χ1) is 17.3. The van der Waals surface area contributed by atoms with E-state index in [1.807, 2.05) is 24.3 Å². The van der Waals surface area contributed by atoms with Crippen LogP contribution in [0.25, 0.3) is 22.3 Å². The third-order valence-electron chi connectivity index (χ3n) is 6.13. The summed E-state index contributed by atoms with van der Waals surface area (Å²) in [5.74, 6) is -0.391. The number of aromatic nitrogens is 2. The van der Waals surface area contributed by atoms with Gasteiger partial charge in [0.05, 0.1) is 38.9 Å². The maximum atomic E-state index is 12.9. The number of para-hydroxylation sites is 2. The topological polar surface area (TPSA) is 112 Å². The number of amides is 1. The van der Waals surface area contributed by atoms with Crippen LogP contribution in [-0.4, -0.2) is 52.9 Å². The summed E-state index contributed by atoms with van der Waals surface area (Å²) in [5.41, 5.74) is 3.53. The van der Waals surface area contributed by atoms with Crippen molar-refractivity contribution in [3.05, 3.63) is 83.5 Å². The lowest BCUT2D eigenvalue weighted by atomic mass is 10.1. The molecule has 3 aromatic carbocycles. The Labute approximate surface area is 213 Å². The number of fused-ring (bicyclic) bond motifs is 1. The molecule has 0 aliphatic carbocycles. The van der Waals surface area contributed by atoms with Gasteiger partial charge in [-0.1, -0.05) is 23.7 Å². The van der Waals surface area contributed by atoms with Crippen molar-refractivity contribution < 1.29 is 18.3 Å². The van der Waals surface area contributed by atoms with Gasteiger partial charge in [-0.25, -0.2) is 13.4 Å². The lowest BCUT2D eigenvalue weighted by molar-refractivity contribution is 0.102. The number of rotatable bonds is 5. The average molecular weight is 523 g/mol. The molecule has 0 atom stereocenters. The number of carbonyl (C=O) groups excluding carboxylic acids is 1. The number of sulfonamides is 1. The van der Waals surface area contributed by atoms with E-state index in [4.69, 9.17) is 11.6 Å². The van der Waals surface area contributed by atoms with Gasteiger partial charge in [-0.3, -0.25) is 9.78 Å². The molecule has 5 rings (SSSR count). The van der Waals surface area contributed by atoms with E-state index in [9.17, 15) is 18.3 Å². The first-order valence-electron chi connectivity index (χ1n) is 11.4. The number of nitrogens with one attached hydrogen (secondary N) is 1. The molecule has 1 aliphatic rings. The number of nitrogens with zero attached hydrogens (tertiary/aromatic N) is 3. The van der Waals surface area contributed by atoms with E-state index < -0.39 is 22.0 Å². The first-order valence-corrected chi connectivity index (χ1v) is 13.2. The summed E-state index contributed by atoms with van der Waals surface area (Å²) in [6, 6.07) is 18.4. The van der Waals surface area contributed by atoms with Crippen molar-refractivity contribution in [3.8, 4) is 11.3 Å². The fourth-order valence-corrected chi connectivity index (χ4v) is 5.78. The van der Waals surface area contributed by atoms with Crippen molar-refractivity contribution in [2.45, 2.75) is 23.8 Å². The molecule has 1 aromatic heterocycles. The molecule has 2 N–H and O–H groups in total. The Morgan fingerprint density at radius 2 is 1.69 bits per heavy atom. The number of hydrogen-bond acceptors (Lipinski definition) is 6. The molecule has 0 radical (unpaired) electrons. The molecular weight excluding hydrogens is 500 g/mol. The minimum Gasteiger partial charge on any atom is -0.393 e. The van der Waals surface area contributed by atoms with Crippen LogP contribution in [0.5, 0.6) is 0 Å². The van der Waals surface area contributed by atoms with E-state index >= 15 is 0 Å². The first kappa shape index (κ1) is 24.3. The number of carbonyl (C=O) groups is 1. The number of hydrogen-bond donors (Lipinski definition) is 2. The number of anilines is 1. The Kier molecular flexibility index (Phi) is 6.72. The highest BCUT2D eigenvalue weighted by atomic mass is 35.5. The zero-order chi connectivity index (χ0) is 25.3. The monoisotopic (exact) mass is 522 g/mol. The smallest absolute Gasteiger partial charge is 0.255 e. The van der Waals surface area contributed by atoms with E-state index in [1.165, 1.54) is 28.6 Å². The van der Waals surface area contributed by atoms with Gasteiger partial charge in [-0.05, 0) is 67.4 Å². The van der Waals surface area contributed by atoms with E-state index in [-0.39, 0.29) is 18.0 Å². The molecule has 4 aromatic rings. The minimum absolute atomic E-state index is 0.110. The summed E-state index contributed by atoms with van der Waals surface area (Å²) in [6.45, 7) is 0.540. The second-order valence-electron chi connectivity index (χ2n) is 8.55. The average Bonchev–Trinajstić information content (AvgIpc) is 2.90. The second-order valence-corrected chi connectivity index (χ2v) is 10.9. The Balaban J connectivity index is 1.33. The highest BCUT2D eigenvalue weighted by molar-refractivity contribution is 7.89. The summed E-state index contributed by atoms with van der Waals surface area (Å²) in [5, 5.41) is 12.9. The van der Waals surface area contributed by atoms with Gasteiger partial charge in [-0.2, -0.15) is 4.31 Å². The van der Waals surface area contributed by atoms with Gasteiger partial charge in [0.15, 0.2) is 0 Å². The molecule has 1 fully saturated rings. The summed E-state index contributed by atoms with van der Waals surface area (Å²) < 4.78 is 27.1. The predicted molar refractivity (Wildman–Crippen MR) is 138 cm³/mol. The third kappa shape index (κ3) is 4.96. The van der Waals surface area contributed by atoms with Crippen molar-refractivity contribution in [2.24, 2.45) is 0 Å². The van der Waals surface area contributed by atoms with Gasteiger partial charge in [0.1, 0.15) is 0 Å². The molecule has 8 nitrogen and oxygen atoms in total. The molecule has 0 unspecified atom stereocenters. The molecule has 0 spiro atoms. The summed E-state index contributed by atoms with van der Waals surface area (Å²) in [6.07, 6.45) is 1.99. The van der Waals surface area contributed by atoms with Gasteiger partial charge >= 0.3 is 0 Å². The number of halogens is 1. The fraction of sp³-hybridized carbons (Fsp3) is 0.192. The molecule has 2 heterocycles. The van der Waals surface area contributed by atoms with Crippen LogP contribution in [0.15, 0.2) is 77.8 Å². The number of benzene rings is 3. The van der Waals surface area contributed by atoms with Crippen molar-refractivity contribution in [3.63, 3.8) is 0 Å². The van der Waals surface area contributed by atoms with E-state index in [2.05, 4.69) is 15.3 Å². The van der Waals surface area contributed by atoms with E-state index in [1.54, 1.807) is 24.4 Å². The number of aliphatic hydroxyl groups excluding tert-OH is 1. The molecule has 184 valence electrons. The standard InChI is InChI=1S/C26H23ClN4O4S/c27-22-10-7-18(15-21(22)25-16-28-23-3-1-2-4-24(23)30-25)29-26(33)17-5-8-20(9-6-17)36(34,35)31-13-11-19(32)12-14-31/h1-10,15-16,19,32H,11-14H2,(H,29,33). The third-order valence-corrected chi connectivity index (χ3v) is 8.37. The highest BCUT2D eigenvalue weighted by Gasteiger charge is 2.28. The van der Waals surface area contributed by atoms with E-state index in [0.29, 0.717) is 40.4 Å².